The standard InChI is InChI=1S/C18H28O5/c1-2-5-14(19)8-9-16(21)11-13-17-12-10-15(20)6-3-4-7-18(22)23-17/h17H,2-13H2,1H3. The fourth-order valence-electron chi connectivity index (χ4n) is 2.68. The van der Waals surface area contributed by atoms with Crippen LogP contribution >= 0.6 is 0 Å². The van der Waals surface area contributed by atoms with Gasteiger partial charge >= 0.3 is 5.97 Å². The molecular weight excluding hydrogens is 296 g/mol. The summed E-state index contributed by atoms with van der Waals surface area (Å²) in [4.78, 5) is 46.6. The summed E-state index contributed by atoms with van der Waals surface area (Å²) in [6.07, 6.45) is 5.45. The molecule has 0 radical (unpaired) electrons. The Morgan fingerprint density at radius 1 is 0.957 bits per heavy atom. The minimum Gasteiger partial charge on any atom is -0.462 e. The van der Waals surface area contributed by atoms with Crippen LogP contribution in [0.5, 0.6) is 0 Å². The smallest absolute Gasteiger partial charge is 0.306 e. The molecule has 1 heterocycles. The van der Waals surface area contributed by atoms with Gasteiger partial charge < -0.3 is 4.74 Å². The third-order valence-electron chi connectivity index (χ3n) is 4.09. The summed E-state index contributed by atoms with van der Waals surface area (Å²) in [5.74, 6) is 0.102. The number of cyclic esters (lactones) is 1. The molecule has 1 aliphatic rings. The molecule has 0 aromatic heterocycles. The number of Topliss-reactive ketones (excluding diaryl/α,β-unsaturated/α-hetero) is 3. The van der Waals surface area contributed by atoms with Crippen molar-refractivity contribution in [2.45, 2.75) is 90.1 Å². The van der Waals surface area contributed by atoms with E-state index in [0.717, 1.165) is 12.8 Å². The summed E-state index contributed by atoms with van der Waals surface area (Å²) in [6.45, 7) is 1.94. The SMILES string of the molecule is CCCC(=O)CCC(=O)CCC1CCC(=O)CCCCC(=O)O1. The lowest BCUT2D eigenvalue weighted by Crippen LogP contribution is -2.21. The fraction of sp³-hybridized carbons (Fsp3) is 0.778. The molecule has 0 saturated carbocycles. The minimum absolute atomic E-state index is 0.0222. The van der Waals surface area contributed by atoms with Gasteiger partial charge in [0, 0.05) is 44.9 Å². The van der Waals surface area contributed by atoms with E-state index >= 15 is 0 Å². The molecule has 1 saturated heterocycles. The van der Waals surface area contributed by atoms with Gasteiger partial charge in [-0.2, -0.15) is 0 Å². The van der Waals surface area contributed by atoms with Crippen molar-refractivity contribution in [1.82, 2.24) is 0 Å². The van der Waals surface area contributed by atoms with Gasteiger partial charge in [0.15, 0.2) is 0 Å². The molecule has 1 unspecified atom stereocenters. The zero-order chi connectivity index (χ0) is 17.1. The molecule has 0 bridgehead atoms. The third-order valence-corrected chi connectivity index (χ3v) is 4.09. The number of ketones is 3. The maximum atomic E-state index is 11.9. The molecule has 1 atom stereocenters. The number of carbonyl (C=O) groups is 4. The van der Waals surface area contributed by atoms with Gasteiger partial charge in [0.25, 0.3) is 0 Å². The number of hydrogen-bond donors (Lipinski definition) is 0. The van der Waals surface area contributed by atoms with Crippen molar-refractivity contribution in [3.05, 3.63) is 0 Å². The average molecular weight is 324 g/mol. The summed E-state index contributed by atoms with van der Waals surface area (Å²) in [5.41, 5.74) is 0. The molecular formula is C18H28O5. The molecule has 5 nitrogen and oxygen atoms in total. The van der Waals surface area contributed by atoms with E-state index in [4.69, 9.17) is 4.74 Å². The van der Waals surface area contributed by atoms with Crippen molar-refractivity contribution < 1.29 is 23.9 Å². The molecule has 0 spiro atoms. The maximum absolute atomic E-state index is 11.9. The lowest BCUT2D eigenvalue weighted by molar-refractivity contribution is -0.151. The van der Waals surface area contributed by atoms with Gasteiger partial charge in [-0.3, -0.25) is 19.2 Å². The van der Waals surface area contributed by atoms with Crippen molar-refractivity contribution in [3.63, 3.8) is 0 Å². The minimum atomic E-state index is -0.361. The molecule has 0 aromatic carbocycles. The van der Waals surface area contributed by atoms with Crippen LogP contribution in [-0.4, -0.2) is 29.4 Å². The molecule has 0 aromatic rings. The van der Waals surface area contributed by atoms with Gasteiger partial charge in [-0.15, -0.1) is 0 Å². The first-order chi connectivity index (χ1) is 11.0. The second kappa shape index (κ2) is 11.1. The van der Waals surface area contributed by atoms with E-state index in [1.165, 1.54) is 0 Å². The van der Waals surface area contributed by atoms with Crippen molar-refractivity contribution >= 4 is 23.3 Å². The van der Waals surface area contributed by atoms with Crippen LogP contribution in [0, 0.1) is 0 Å². The summed E-state index contributed by atoms with van der Waals surface area (Å²) in [7, 11) is 0. The van der Waals surface area contributed by atoms with Gasteiger partial charge in [-0.1, -0.05) is 6.92 Å². The molecule has 1 aliphatic heterocycles. The Bertz CT molecular complexity index is 427. The van der Waals surface area contributed by atoms with Gasteiger partial charge in [-0.05, 0) is 32.1 Å². The average Bonchev–Trinajstić information content (AvgIpc) is 2.52. The zero-order valence-corrected chi connectivity index (χ0v) is 14.1. The van der Waals surface area contributed by atoms with E-state index in [-0.39, 0.29) is 35.8 Å². The van der Waals surface area contributed by atoms with E-state index in [1.807, 2.05) is 6.92 Å². The van der Waals surface area contributed by atoms with E-state index < -0.39 is 0 Å². The topological polar surface area (TPSA) is 77.5 Å². The van der Waals surface area contributed by atoms with E-state index in [9.17, 15) is 19.2 Å². The molecule has 130 valence electrons. The Hall–Kier alpha value is -1.52. The predicted molar refractivity (Wildman–Crippen MR) is 86.0 cm³/mol. The number of hydrogen-bond acceptors (Lipinski definition) is 5. The molecule has 0 amide bonds. The Balaban J connectivity index is 2.36. The second-order valence-electron chi connectivity index (χ2n) is 6.26. The van der Waals surface area contributed by atoms with Crippen LogP contribution in [0.15, 0.2) is 0 Å². The fourth-order valence-corrected chi connectivity index (χ4v) is 2.68. The van der Waals surface area contributed by atoms with E-state index in [2.05, 4.69) is 0 Å². The highest BCUT2D eigenvalue weighted by Gasteiger charge is 2.19. The van der Waals surface area contributed by atoms with Gasteiger partial charge in [0.2, 0.25) is 0 Å². The largest absolute Gasteiger partial charge is 0.462 e. The van der Waals surface area contributed by atoms with Crippen LogP contribution in [0.25, 0.3) is 0 Å². The van der Waals surface area contributed by atoms with E-state index in [0.29, 0.717) is 57.8 Å². The maximum Gasteiger partial charge on any atom is 0.306 e. The monoisotopic (exact) mass is 324 g/mol. The molecule has 0 N–H and O–H groups in total. The third kappa shape index (κ3) is 9.26. The highest BCUT2D eigenvalue weighted by atomic mass is 16.5. The van der Waals surface area contributed by atoms with Crippen LogP contribution in [0.2, 0.25) is 0 Å². The van der Waals surface area contributed by atoms with Gasteiger partial charge in [0.1, 0.15) is 23.5 Å². The summed E-state index contributed by atoms with van der Waals surface area (Å²) in [5, 5.41) is 0. The normalized spacial score (nSPS) is 20.0. The summed E-state index contributed by atoms with van der Waals surface area (Å²) in [6, 6.07) is 0. The van der Waals surface area contributed by atoms with Crippen LogP contribution < -0.4 is 0 Å². The Morgan fingerprint density at radius 3 is 2.30 bits per heavy atom. The molecule has 1 rings (SSSR count). The second-order valence-corrected chi connectivity index (χ2v) is 6.26. The number of rotatable bonds is 8. The summed E-state index contributed by atoms with van der Waals surface area (Å²) < 4.78 is 5.38. The van der Waals surface area contributed by atoms with E-state index in [1.54, 1.807) is 0 Å². The Labute approximate surface area is 138 Å². The van der Waals surface area contributed by atoms with Crippen LogP contribution in [0.3, 0.4) is 0 Å². The van der Waals surface area contributed by atoms with Crippen molar-refractivity contribution in [1.29, 1.82) is 0 Å². The van der Waals surface area contributed by atoms with Crippen molar-refractivity contribution in [2.24, 2.45) is 0 Å². The van der Waals surface area contributed by atoms with Gasteiger partial charge in [-0.25, -0.2) is 0 Å². The zero-order valence-electron chi connectivity index (χ0n) is 14.1. The first-order valence-electron chi connectivity index (χ1n) is 8.75. The quantitative estimate of drug-likeness (QED) is 0.640. The van der Waals surface area contributed by atoms with Crippen molar-refractivity contribution in [2.75, 3.05) is 0 Å². The lowest BCUT2D eigenvalue weighted by atomic mass is 9.99. The molecule has 0 aliphatic carbocycles. The predicted octanol–water partition coefficient (Wildman–Crippen LogP) is 3.32. The van der Waals surface area contributed by atoms with Gasteiger partial charge in [0.05, 0.1) is 0 Å². The first-order valence-corrected chi connectivity index (χ1v) is 8.75. The highest BCUT2D eigenvalue weighted by Crippen LogP contribution is 2.17. The van der Waals surface area contributed by atoms with Crippen LogP contribution in [-0.2, 0) is 23.9 Å². The molecule has 5 heteroatoms. The van der Waals surface area contributed by atoms with Crippen LogP contribution in [0.1, 0.15) is 84.0 Å². The number of ether oxygens (including phenoxy) is 1. The molecule has 1 fully saturated rings. The van der Waals surface area contributed by atoms with Crippen LogP contribution in [0.4, 0.5) is 0 Å². The first kappa shape index (κ1) is 19.5. The Morgan fingerprint density at radius 2 is 1.61 bits per heavy atom. The molecule has 23 heavy (non-hydrogen) atoms. The number of esters is 1. The van der Waals surface area contributed by atoms with Crippen molar-refractivity contribution in [3.8, 4) is 0 Å². The summed E-state index contributed by atoms with van der Waals surface area (Å²) >= 11 is 0. The highest BCUT2D eigenvalue weighted by molar-refractivity contribution is 5.86. The number of carbonyl (C=O) groups excluding carboxylic acids is 4. The lowest BCUT2D eigenvalue weighted by Gasteiger charge is -2.18. The Kier molecular flexibility index (Phi) is 9.41.